The highest BCUT2D eigenvalue weighted by Crippen LogP contribution is 2.37. The number of carbonyl (C=O) groups excluding carboxylic acids is 1. The number of hydrogen-bond donors (Lipinski definition) is 1. The Balaban J connectivity index is 1.46. The minimum atomic E-state index is -0.313. The predicted octanol–water partition coefficient (Wildman–Crippen LogP) is 6.09. The van der Waals surface area contributed by atoms with E-state index in [2.05, 4.69) is 17.1 Å². The molecular weight excluding hydrogens is 530 g/mol. The molecule has 0 radical (unpaired) electrons. The first-order valence-electron chi connectivity index (χ1n) is 14.1. The van der Waals surface area contributed by atoms with Crippen molar-refractivity contribution in [2.75, 3.05) is 18.9 Å². The lowest BCUT2D eigenvalue weighted by Crippen LogP contribution is -2.19. The first-order valence-corrected chi connectivity index (χ1v) is 14.1. The molecule has 0 amide bonds. The Hall–Kier alpha value is -4.94. The summed E-state index contributed by atoms with van der Waals surface area (Å²) in [5.41, 5.74) is 10.6. The van der Waals surface area contributed by atoms with Crippen LogP contribution in [0.2, 0.25) is 0 Å². The van der Waals surface area contributed by atoms with Gasteiger partial charge in [0.15, 0.2) is 6.23 Å². The van der Waals surface area contributed by atoms with Gasteiger partial charge in [-0.1, -0.05) is 36.4 Å². The van der Waals surface area contributed by atoms with Gasteiger partial charge in [-0.05, 0) is 67.0 Å². The van der Waals surface area contributed by atoms with E-state index in [1.807, 2.05) is 59.3 Å². The summed E-state index contributed by atoms with van der Waals surface area (Å²) in [5, 5.41) is 17.9. The number of benzene rings is 3. The lowest BCUT2D eigenvalue weighted by atomic mass is 9.95. The molecule has 1 saturated heterocycles. The lowest BCUT2D eigenvalue weighted by Gasteiger charge is -2.23. The number of anilines is 1. The summed E-state index contributed by atoms with van der Waals surface area (Å²) < 4.78 is 19.4. The van der Waals surface area contributed by atoms with Gasteiger partial charge in [0, 0.05) is 29.1 Å². The van der Waals surface area contributed by atoms with Gasteiger partial charge < -0.3 is 19.9 Å². The van der Waals surface area contributed by atoms with E-state index in [9.17, 15) is 10.1 Å². The van der Waals surface area contributed by atoms with E-state index >= 15 is 0 Å². The summed E-state index contributed by atoms with van der Waals surface area (Å²) in [4.78, 5) is 16.4. The molecule has 1 fully saturated rings. The molecule has 9 nitrogen and oxygen atoms in total. The molecule has 0 bridgehead atoms. The summed E-state index contributed by atoms with van der Waals surface area (Å²) in [6.45, 7) is 2.88. The molecule has 2 N–H and O–H groups in total. The SMILES string of the molecule is CCOC(=O)Cc1ccccc1OCc1nn(C2CCCCO2)c2c(C#N)cc(-c3cccc4c(N)nccc34)cc12. The maximum atomic E-state index is 12.2. The van der Waals surface area contributed by atoms with E-state index in [-0.39, 0.29) is 25.2 Å². The molecule has 1 unspecified atom stereocenters. The number of rotatable bonds is 8. The molecule has 6 rings (SSSR count). The highest BCUT2D eigenvalue weighted by molar-refractivity contribution is 6.03. The molecule has 9 heteroatoms. The van der Waals surface area contributed by atoms with E-state index in [1.165, 1.54) is 0 Å². The van der Waals surface area contributed by atoms with Gasteiger partial charge in [-0.25, -0.2) is 9.67 Å². The van der Waals surface area contributed by atoms with Crippen LogP contribution in [-0.4, -0.2) is 33.9 Å². The number of ether oxygens (including phenoxy) is 3. The standard InChI is InChI=1S/C33H31N5O4/c1-2-40-31(39)18-21-8-3-4-11-29(21)42-20-28-27-17-22(24-9-7-10-26-25(24)13-14-36-33(26)35)16-23(19-34)32(27)38(37-28)30-12-5-6-15-41-30/h3-4,7-11,13-14,16-17,30H,2,5-6,12,15,18,20H2,1H3,(H2,35,36). The summed E-state index contributed by atoms with van der Waals surface area (Å²) >= 11 is 0. The molecule has 0 aliphatic carbocycles. The maximum absolute atomic E-state index is 12.2. The van der Waals surface area contributed by atoms with E-state index in [0.717, 1.165) is 52.1 Å². The van der Waals surface area contributed by atoms with Crippen molar-refractivity contribution in [1.29, 1.82) is 5.26 Å². The molecule has 42 heavy (non-hydrogen) atoms. The van der Waals surface area contributed by atoms with Crippen molar-refractivity contribution in [2.45, 2.75) is 45.4 Å². The third kappa shape index (κ3) is 5.24. The highest BCUT2D eigenvalue weighted by atomic mass is 16.5. The minimum Gasteiger partial charge on any atom is -0.487 e. The van der Waals surface area contributed by atoms with Gasteiger partial charge >= 0.3 is 5.97 Å². The first-order chi connectivity index (χ1) is 20.6. The number of hydrogen-bond acceptors (Lipinski definition) is 8. The Morgan fingerprint density at radius 3 is 2.81 bits per heavy atom. The van der Waals surface area contributed by atoms with Gasteiger partial charge in [-0.15, -0.1) is 0 Å². The van der Waals surface area contributed by atoms with Crippen molar-refractivity contribution in [3.8, 4) is 22.9 Å². The van der Waals surface area contributed by atoms with Crippen LogP contribution in [0, 0.1) is 11.3 Å². The largest absolute Gasteiger partial charge is 0.487 e. The quantitative estimate of drug-likeness (QED) is 0.226. The van der Waals surface area contributed by atoms with Crippen molar-refractivity contribution in [2.24, 2.45) is 0 Å². The number of para-hydroxylation sites is 1. The average molecular weight is 562 g/mol. The van der Waals surface area contributed by atoms with Crippen LogP contribution in [0.4, 0.5) is 5.82 Å². The number of nitrogens with two attached hydrogens (primary N) is 1. The zero-order chi connectivity index (χ0) is 29.1. The Morgan fingerprint density at radius 1 is 1.12 bits per heavy atom. The fourth-order valence-corrected chi connectivity index (χ4v) is 5.59. The number of aromatic nitrogens is 3. The minimum absolute atomic E-state index is 0.108. The first kappa shape index (κ1) is 27.2. The fourth-order valence-electron chi connectivity index (χ4n) is 5.59. The third-order valence-corrected chi connectivity index (χ3v) is 7.55. The van der Waals surface area contributed by atoms with Crippen LogP contribution < -0.4 is 10.5 Å². The van der Waals surface area contributed by atoms with Gasteiger partial charge in [-0.2, -0.15) is 10.4 Å². The van der Waals surface area contributed by atoms with Gasteiger partial charge in [0.2, 0.25) is 0 Å². The summed E-state index contributed by atoms with van der Waals surface area (Å²) in [6, 6.07) is 21.6. The second kappa shape index (κ2) is 11.9. The Morgan fingerprint density at radius 2 is 2.00 bits per heavy atom. The van der Waals surface area contributed by atoms with Crippen LogP contribution in [-0.2, 0) is 27.3 Å². The molecule has 1 atom stereocenters. The Labute approximate surface area is 243 Å². The smallest absolute Gasteiger partial charge is 0.310 e. The van der Waals surface area contributed by atoms with E-state index in [0.29, 0.717) is 41.6 Å². The second-order valence-electron chi connectivity index (χ2n) is 10.2. The number of nitrogens with zero attached hydrogens (tertiary/aromatic N) is 4. The van der Waals surface area contributed by atoms with E-state index < -0.39 is 0 Å². The van der Waals surface area contributed by atoms with Crippen molar-refractivity contribution >= 4 is 33.5 Å². The van der Waals surface area contributed by atoms with Gasteiger partial charge in [0.25, 0.3) is 0 Å². The molecule has 1 aliphatic heterocycles. The summed E-state index contributed by atoms with van der Waals surface area (Å²) in [5.74, 6) is 0.719. The van der Waals surface area contributed by atoms with Crippen LogP contribution in [0.5, 0.6) is 5.75 Å². The lowest BCUT2D eigenvalue weighted by molar-refractivity contribution is -0.142. The van der Waals surface area contributed by atoms with Crippen LogP contribution >= 0.6 is 0 Å². The monoisotopic (exact) mass is 561 g/mol. The normalized spacial score (nSPS) is 15.0. The molecule has 0 saturated carbocycles. The van der Waals surface area contributed by atoms with Crippen molar-refractivity contribution in [3.05, 3.63) is 83.7 Å². The fraction of sp³-hybridized carbons (Fsp3) is 0.273. The molecule has 2 aromatic heterocycles. The zero-order valence-corrected chi connectivity index (χ0v) is 23.4. The van der Waals surface area contributed by atoms with Crippen LogP contribution in [0.25, 0.3) is 32.8 Å². The third-order valence-electron chi connectivity index (χ3n) is 7.55. The van der Waals surface area contributed by atoms with Crippen LogP contribution in [0.1, 0.15) is 49.2 Å². The molecule has 3 aromatic carbocycles. The van der Waals surface area contributed by atoms with Crippen molar-refractivity contribution in [3.63, 3.8) is 0 Å². The predicted molar refractivity (Wildman–Crippen MR) is 160 cm³/mol. The molecule has 5 aromatic rings. The van der Waals surface area contributed by atoms with Gasteiger partial charge in [0.1, 0.15) is 29.9 Å². The second-order valence-corrected chi connectivity index (χ2v) is 10.2. The molecule has 3 heterocycles. The molecular formula is C33H31N5O4. The Bertz CT molecular complexity index is 1820. The topological polar surface area (TPSA) is 125 Å². The molecule has 0 spiro atoms. The number of esters is 1. The average Bonchev–Trinajstić information content (AvgIpc) is 3.39. The van der Waals surface area contributed by atoms with E-state index in [4.69, 9.17) is 25.0 Å². The number of fused-ring (bicyclic) bond motifs is 2. The van der Waals surface area contributed by atoms with E-state index in [1.54, 1.807) is 13.1 Å². The van der Waals surface area contributed by atoms with Crippen LogP contribution in [0.3, 0.4) is 0 Å². The molecule has 1 aliphatic rings. The highest BCUT2D eigenvalue weighted by Gasteiger charge is 2.25. The van der Waals surface area contributed by atoms with Gasteiger partial charge in [0.05, 0.1) is 24.1 Å². The number of nitriles is 1. The summed E-state index contributed by atoms with van der Waals surface area (Å²) in [6.07, 6.45) is 4.35. The summed E-state index contributed by atoms with van der Waals surface area (Å²) in [7, 11) is 0. The number of carbonyl (C=O) groups is 1. The Kier molecular flexibility index (Phi) is 7.71. The molecule has 212 valence electrons. The maximum Gasteiger partial charge on any atom is 0.310 e. The van der Waals surface area contributed by atoms with Crippen LogP contribution in [0.15, 0.2) is 66.9 Å². The van der Waals surface area contributed by atoms with Crippen molar-refractivity contribution < 1.29 is 19.0 Å². The number of nitrogen functional groups attached to an aromatic ring is 1. The van der Waals surface area contributed by atoms with Gasteiger partial charge in [-0.3, -0.25) is 4.79 Å². The van der Waals surface area contributed by atoms with Crippen molar-refractivity contribution in [1.82, 2.24) is 14.8 Å². The zero-order valence-electron chi connectivity index (χ0n) is 23.4. The number of pyridine rings is 1.